The summed E-state index contributed by atoms with van der Waals surface area (Å²) < 4.78 is 16.5. The lowest BCUT2D eigenvalue weighted by molar-refractivity contribution is -0.139. The molecule has 1 aromatic rings. The van der Waals surface area contributed by atoms with Gasteiger partial charge in [-0.25, -0.2) is 9.59 Å². The molecule has 0 bridgehead atoms. The van der Waals surface area contributed by atoms with Gasteiger partial charge in [0.2, 0.25) is 0 Å². The first-order chi connectivity index (χ1) is 13.3. The van der Waals surface area contributed by atoms with Crippen LogP contribution in [0.4, 0.5) is 0 Å². The molecule has 1 atom stereocenters. The van der Waals surface area contributed by atoms with Crippen LogP contribution >= 0.6 is 0 Å². The minimum Gasteiger partial charge on any atom is -0.463 e. The van der Waals surface area contributed by atoms with Crippen molar-refractivity contribution < 1.29 is 23.8 Å². The van der Waals surface area contributed by atoms with Gasteiger partial charge in [-0.1, -0.05) is 19.1 Å². The fourth-order valence-corrected chi connectivity index (χ4v) is 3.38. The summed E-state index contributed by atoms with van der Waals surface area (Å²) in [4.78, 5) is 26.9. The molecule has 0 spiro atoms. The minimum atomic E-state index is -0.400. The van der Waals surface area contributed by atoms with Crippen LogP contribution < -0.4 is 0 Å². The van der Waals surface area contributed by atoms with Crippen LogP contribution in [0.5, 0.6) is 0 Å². The molecule has 28 heavy (non-hydrogen) atoms. The first-order valence-electron chi connectivity index (χ1n) is 9.58. The van der Waals surface area contributed by atoms with Crippen molar-refractivity contribution in [3.8, 4) is 0 Å². The largest absolute Gasteiger partial charge is 0.463 e. The summed E-state index contributed by atoms with van der Waals surface area (Å²) in [5, 5.41) is 0. The van der Waals surface area contributed by atoms with Crippen LogP contribution in [-0.2, 0) is 19.0 Å². The molecule has 0 fully saturated rings. The number of carbonyl (C=O) groups is 2. The van der Waals surface area contributed by atoms with E-state index in [0.717, 1.165) is 11.1 Å². The average Bonchev–Trinajstić information content (AvgIpc) is 2.67. The molecule has 6 nitrogen and oxygen atoms in total. The monoisotopic (exact) mass is 387 g/mol. The molecule has 0 aliphatic carbocycles. The molecule has 0 N–H and O–H groups in total. The van der Waals surface area contributed by atoms with Gasteiger partial charge in [0, 0.05) is 26.4 Å². The van der Waals surface area contributed by atoms with E-state index in [4.69, 9.17) is 14.2 Å². The van der Waals surface area contributed by atoms with Gasteiger partial charge in [0.25, 0.3) is 0 Å². The zero-order chi connectivity index (χ0) is 20.8. The third-order valence-electron chi connectivity index (χ3n) is 4.53. The Balaban J connectivity index is 2.64. The van der Waals surface area contributed by atoms with E-state index in [1.165, 1.54) is 0 Å². The summed E-state index contributed by atoms with van der Waals surface area (Å²) in [6.07, 6.45) is 0.548. The molecule has 0 radical (unpaired) electrons. The van der Waals surface area contributed by atoms with Crippen molar-refractivity contribution in [1.29, 1.82) is 0 Å². The topological polar surface area (TPSA) is 65.1 Å². The molecular weight excluding hydrogens is 358 g/mol. The number of hydrogen-bond donors (Lipinski definition) is 0. The lowest BCUT2D eigenvalue weighted by atomic mass is 9.82. The van der Waals surface area contributed by atoms with Crippen molar-refractivity contribution in [2.75, 3.05) is 27.3 Å². The molecule has 1 aromatic carbocycles. The lowest BCUT2D eigenvalue weighted by Gasteiger charge is -2.33. The summed E-state index contributed by atoms with van der Waals surface area (Å²) in [7, 11) is 3.79. The van der Waals surface area contributed by atoms with Gasteiger partial charge in [-0.3, -0.25) is 0 Å². The van der Waals surface area contributed by atoms with Crippen LogP contribution in [-0.4, -0.2) is 44.1 Å². The van der Waals surface area contributed by atoms with E-state index in [1.54, 1.807) is 32.0 Å². The maximum Gasteiger partial charge on any atom is 0.338 e. The molecule has 1 aliphatic rings. The Kier molecular flexibility index (Phi) is 7.26. The van der Waals surface area contributed by atoms with Crippen molar-refractivity contribution in [2.45, 2.75) is 40.0 Å². The van der Waals surface area contributed by atoms with Crippen LogP contribution in [0.2, 0.25) is 0 Å². The van der Waals surface area contributed by atoms with Gasteiger partial charge in [0.05, 0.1) is 24.4 Å². The fraction of sp³-hybridized carbons (Fsp3) is 0.455. The van der Waals surface area contributed by atoms with Crippen LogP contribution in [0.3, 0.4) is 0 Å². The van der Waals surface area contributed by atoms with Gasteiger partial charge >= 0.3 is 11.9 Å². The highest BCUT2D eigenvalue weighted by Gasteiger charge is 2.36. The number of benzene rings is 1. The number of allylic oxidation sites excluding steroid dienone is 2. The van der Waals surface area contributed by atoms with E-state index in [9.17, 15) is 9.59 Å². The Labute approximate surface area is 166 Å². The number of ether oxygens (including phenoxy) is 3. The van der Waals surface area contributed by atoms with Crippen molar-refractivity contribution in [3.63, 3.8) is 0 Å². The third-order valence-corrected chi connectivity index (χ3v) is 4.53. The van der Waals surface area contributed by atoms with Gasteiger partial charge in [-0.2, -0.15) is 0 Å². The van der Waals surface area contributed by atoms with E-state index in [1.807, 2.05) is 38.9 Å². The van der Waals surface area contributed by atoms with Crippen LogP contribution in [0, 0.1) is 0 Å². The van der Waals surface area contributed by atoms with Gasteiger partial charge in [-0.15, -0.1) is 0 Å². The van der Waals surface area contributed by atoms with Crippen LogP contribution in [0.25, 0.3) is 0 Å². The van der Waals surface area contributed by atoms with E-state index in [2.05, 4.69) is 0 Å². The molecule has 0 saturated carbocycles. The zero-order valence-electron chi connectivity index (χ0n) is 17.5. The second kappa shape index (κ2) is 9.44. The number of rotatable bonds is 7. The first-order valence-corrected chi connectivity index (χ1v) is 9.58. The summed E-state index contributed by atoms with van der Waals surface area (Å²) in [5.74, 6) is 0.122. The van der Waals surface area contributed by atoms with Crippen molar-refractivity contribution in [1.82, 2.24) is 4.90 Å². The number of hydrogen-bond acceptors (Lipinski definition) is 6. The van der Waals surface area contributed by atoms with Crippen LogP contribution in [0.1, 0.15) is 56.0 Å². The molecule has 152 valence electrons. The highest BCUT2D eigenvalue weighted by Crippen LogP contribution is 2.42. The molecule has 1 heterocycles. The van der Waals surface area contributed by atoms with Gasteiger partial charge in [0.15, 0.2) is 5.88 Å². The van der Waals surface area contributed by atoms with Crippen molar-refractivity contribution >= 4 is 11.9 Å². The maximum atomic E-state index is 12.8. The Morgan fingerprint density at radius 3 is 2.29 bits per heavy atom. The molecule has 1 unspecified atom stereocenters. The number of carbonyl (C=O) groups excluding carboxylic acids is 2. The fourth-order valence-electron chi connectivity index (χ4n) is 3.38. The Hall–Kier alpha value is -2.76. The standard InChI is InChI=1S/C22H29NO5/c1-7-17-19(22(25)27-9-3)18(14(4)20(28-17)23(5)6)15-11-10-12-16(13-15)21(24)26-8-2/h10-13,18H,7-9H2,1-6H3. The molecule has 2 rings (SSSR count). The average molecular weight is 387 g/mol. The predicted molar refractivity (Wildman–Crippen MR) is 107 cm³/mol. The summed E-state index contributed by atoms with van der Waals surface area (Å²) in [5.41, 5.74) is 2.63. The lowest BCUT2D eigenvalue weighted by Crippen LogP contribution is -2.28. The van der Waals surface area contributed by atoms with Crippen LogP contribution in [0.15, 0.2) is 47.1 Å². The van der Waals surface area contributed by atoms with E-state index >= 15 is 0 Å². The Bertz CT molecular complexity index is 807. The second-order valence-electron chi connectivity index (χ2n) is 6.67. The van der Waals surface area contributed by atoms with E-state index in [0.29, 0.717) is 35.8 Å². The molecule has 0 saturated heterocycles. The third kappa shape index (κ3) is 4.38. The quantitative estimate of drug-likeness (QED) is 0.659. The number of nitrogens with zero attached hydrogens (tertiary/aromatic N) is 1. The summed E-state index contributed by atoms with van der Waals surface area (Å²) in [6, 6.07) is 7.19. The van der Waals surface area contributed by atoms with E-state index in [-0.39, 0.29) is 18.5 Å². The predicted octanol–water partition coefficient (Wildman–Crippen LogP) is 4.00. The zero-order valence-corrected chi connectivity index (χ0v) is 17.5. The molecule has 1 aliphatic heterocycles. The van der Waals surface area contributed by atoms with Crippen molar-refractivity contribution in [2.24, 2.45) is 0 Å². The summed E-state index contributed by atoms with van der Waals surface area (Å²) in [6.45, 7) is 8.00. The van der Waals surface area contributed by atoms with Gasteiger partial charge < -0.3 is 19.1 Å². The smallest absolute Gasteiger partial charge is 0.338 e. The van der Waals surface area contributed by atoms with Crippen molar-refractivity contribution in [3.05, 3.63) is 58.2 Å². The SMILES string of the molecule is CCOC(=O)C1=C(CC)OC(N(C)C)=C(C)C1c1cccc(C(=O)OCC)c1. The molecule has 0 aromatic heterocycles. The van der Waals surface area contributed by atoms with Gasteiger partial charge in [0.1, 0.15) is 5.76 Å². The highest BCUT2D eigenvalue weighted by atomic mass is 16.5. The van der Waals surface area contributed by atoms with E-state index < -0.39 is 5.97 Å². The van der Waals surface area contributed by atoms with Gasteiger partial charge in [-0.05, 0) is 44.0 Å². The number of esters is 2. The maximum absolute atomic E-state index is 12.8. The summed E-state index contributed by atoms with van der Waals surface area (Å²) >= 11 is 0. The highest BCUT2D eigenvalue weighted by molar-refractivity contribution is 5.93. The second-order valence-corrected chi connectivity index (χ2v) is 6.67. The minimum absolute atomic E-state index is 0.276. The first kappa shape index (κ1) is 21.5. The molecule has 0 amide bonds. The Morgan fingerprint density at radius 1 is 1.07 bits per heavy atom. The molecule has 6 heteroatoms. The Morgan fingerprint density at radius 2 is 1.71 bits per heavy atom. The normalized spacial score (nSPS) is 16.6. The molecular formula is C22H29NO5.